The molecule has 1 aliphatic heterocycles. The van der Waals surface area contributed by atoms with Gasteiger partial charge in [-0.05, 0) is 38.1 Å². The number of halogens is 1. The Morgan fingerprint density at radius 2 is 2.44 bits per heavy atom. The summed E-state index contributed by atoms with van der Waals surface area (Å²) in [5.74, 6) is 0.749. The van der Waals surface area contributed by atoms with Gasteiger partial charge in [0.1, 0.15) is 5.75 Å². The number of rotatable bonds is 4. The molecule has 1 heterocycles. The molecule has 1 unspecified atom stereocenters. The van der Waals surface area contributed by atoms with Crippen LogP contribution in [0.5, 0.6) is 5.75 Å². The van der Waals surface area contributed by atoms with Gasteiger partial charge >= 0.3 is 0 Å². The minimum absolute atomic E-state index is 0.508. The molecule has 1 atom stereocenters. The van der Waals surface area contributed by atoms with Crippen LogP contribution in [0.15, 0.2) is 18.2 Å². The molecule has 16 heavy (non-hydrogen) atoms. The van der Waals surface area contributed by atoms with Gasteiger partial charge in [-0.1, -0.05) is 11.6 Å². The SMILES string of the molecule is CCOc1ccc(NC2CCNC2)cc1Cl. The first-order valence-electron chi connectivity index (χ1n) is 5.69. The molecule has 3 nitrogen and oxygen atoms in total. The second kappa shape index (κ2) is 5.41. The molecule has 0 aromatic heterocycles. The van der Waals surface area contributed by atoms with Crippen molar-refractivity contribution >= 4 is 17.3 Å². The summed E-state index contributed by atoms with van der Waals surface area (Å²) in [4.78, 5) is 0. The predicted molar refractivity (Wildman–Crippen MR) is 67.5 cm³/mol. The van der Waals surface area contributed by atoms with Gasteiger partial charge in [0.25, 0.3) is 0 Å². The number of anilines is 1. The van der Waals surface area contributed by atoms with Crippen LogP contribution in [0.2, 0.25) is 5.02 Å². The average Bonchev–Trinajstić information content (AvgIpc) is 2.75. The third kappa shape index (κ3) is 2.80. The zero-order valence-corrected chi connectivity index (χ0v) is 10.2. The van der Waals surface area contributed by atoms with Crippen LogP contribution in [0.1, 0.15) is 13.3 Å². The van der Waals surface area contributed by atoms with Crippen LogP contribution >= 0.6 is 11.6 Å². The van der Waals surface area contributed by atoms with E-state index in [-0.39, 0.29) is 0 Å². The first kappa shape index (κ1) is 11.6. The van der Waals surface area contributed by atoms with Crippen LogP contribution < -0.4 is 15.4 Å². The van der Waals surface area contributed by atoms with Gasteiger partial charge in [0.05, 0.1) is 11.6 Å². The van der Waals surface area contributed by atoms with Crippen molar-refractivity contribution in [1.29, 1.82) is 0 Å². The van der Waals surface area contributed by atoms with Crippen LogP contribution in [0.25, 0.3) is 0 Å². The molecule has 1 aromatic rings. The number of hydrogen-bond acceptors (Lipinski definition) is 3. The highest BCUT2D eigenvalue weighted by atomic mass is 35.5. The van der Waals surface area contributed by atoms with E-state index in [4.69, 9.17) is 16.3 Å². The minimum Gasteiger partial charge on any atom is -0.492 e. The molecule has 0 aliphatic carbocycles. The van der Waals surface area contributed by atoms with Gasteiger partial charge in [-0.3, -0.25) is 0 Å². The van der Waals surface area contributed by atoms with Crippen molar-refractivity contribution in [3.05, 3.63) is 23.2 Å². The highest BCUT2D eigenvalue weighted by Crippen LogP contribution is 2.28. The smallest absolute Gasteiger partial charge is 0.138 e. The molecular weight excluding hydrogens is 224 g/mol. The standard InChI is InChI=1S/C12H17ClN2O/c1-2-16-12-4-3-9(7-11(12)13)15-10-5-6-14-8-10/h3-4,7,10,14-15H,2,5-6,8H2,1H3. The largest absolute Gasteiger partial charge is 0.492 e. The van der Waals surface area contributed by atoms with Crippen molar-refractivity contribution in [2.75, 3.05) is 25.0 Å². The van der Waals surface area contributed by atoms with E-state index in [1.165, 1.54) is 0 Å². The summed E-state index contributed by atoms with van der Waals surface area (Å²) in [6, 6.07) is 6.35. The molecule has 0 bridgehead atoms. The molecule has 1 fully saturated rings. The predicted octanol–water partition coefficient (Wildman–Crippen LogP) is 2.51. The molecule has 0 spiro atoms. The Hall–Kier alpha value is -0.930. The lowest BCUT2D eigenvalue weighted by Gasteiger charge is -2.14. The van der Waals surface area contributed by atoms with Crippen LogP contribution in [0.4, 0.5) is 5.69 Å². The molecule has 88 valence electrons. The van der Waals surface area contributed by atoms with Gasteiger partial charge in [-0.15, -0.1) is 0 Å². The van der Waals surface area contributed by atoms with Crippen molar-refractivity contribution in [1.82, 2.24) is 5.32 Å². The quantitative estimate of drug-likeness (QED) is 0.849. The molecule has 0 radical (unpaired) electrons. The van der Waals surface area contributed by atoms with E-state index in [2.05, 4.69) is 10.6 Å². The maximum absolute atomic E-state index is 6.11. The maximum atomic E-state index is 6.11. The Morgan fingerprint density at radius 3 is 3.06 bits per heavy atom. The van der Waals surface area contributed by atoms with Crippen LogP contribution in [0.3, 0.4) is 0 Å². The lowest BCUT2D eigenvalue weighted by atomic mass is 10.2. The summed E-state index contributed by atoms with van der Waals surface area (Å²) in [7, 11) is 0. The third-order valence-corrected chi connectivity index (χ3v) is 2.96. The third-order valence-electron chi connectivity index (χ3n) is 2.66. The normalized spacial score (nSPS) is 19.8. The Kier molecular flexibility index (Phi) is 3.91. The second-order valence-corrected chi connectivity index (χ2v) is 4.32. The van der Waals surface area contributed by atoms with Gasteiger partial charge in [-0.2, -0.15) is 0 Å². The van der Waals surface area contributed by atoms with Gasteiger partial charge in [0.15, 0.2) is 0 Å². The molecule has 4 heteroatoms. The van der Waals surface area contributed by atoms with E-state index in [0.29, 0.717) is 17.7 Å². The van der Waals surface area contributed by atoms with E-state index >= 15 is 0 Å². The van der Waals surface area contributed by atoms with Crippen LogP contribution in [-0.4, -0.2) is 25.7 Å². The summed E-state index contributed by atoms with van der Waals surface area (Å²) >= 11 is 6.11. The molecule has 1 aromatic carbocycles. The highest BCUT2D eigenvalue weighted by molar-refractivity contribution is 6.32. The Balaban J connectivity index is 2.02. The van der Waals surface area contributed by atoms with Crippen molar-refractivity contribution in [3.63, 3.8) is 0 Å². The van der Waals surface area contributed by atoms with Crippen LogP contribution in [0, 0.1) is 0 Å². The Bertz CT molecular complexity index is 351. The first-order valence-corrected chi connectivity index (χ1v) is 6.07. The van der Waals surface area contributed by atoms with Gasteiger partial charge in [0, 0.05) is 18.3 Å². The van der Waals surface area contributed by atoms with Gasteiger partial charge in [0.2, 0.25) is 0 Å². The highest BCUT2D eigenvalue weighted by Gasteiger charge is 2.14. The van der Waals surface area contributed by atoms with Crippen molar-refractivity contribution in [3.8, 4) is 5.75 Å². The summed E-state index contributed by atoms with van der Waals surface area (Å²) < 4.78 is 5.39. The molecule has 0 amide bonds. The zero-order chi connectivity index (χ0) is 11.4. The zero-order valence-electron chi connectivity index (χ0n) is 9.42. The molecular formula is C12H17ClN2O. The second-order valence-electron chi connectivity index (χ2n) is 3.91. The van der Waals surface area contributed by atoms with Crippen molar-refractivity contribution in [2.24, 2.45) is 0 Å². The van der Waals surface area contributed by atoms with Crippen molar-refractivity contribution in [2.45, 2.75) is 19.4 Å². The lowest BCUT2D eigenvalue weighted by molar-refractivity contribution is 0.340. The summed E-state index contributed by atoms with van der Waals surface area (Å²) in [6.07, 6.45) is 1.16. The molecule has 2 rings (SSSR count). The summed E-state index contributed by atoms with van der Waals surface area (Å²) in [6.45, 7) is 4.69. The fourth-order valence-corrected chi connectivity index (χ4v) is 2.11. The van der Waals surface area contributed by atoms with E-state index in [9.17, 15) is 0 Å². The molecule has 1 aliphatic rings. The van der Waals surface area contributed by atoms with E-state index < -0.39 is 0 Å². The molecule has 1 saturated heterocycles. The molecule has 0 saturated carbocycles. The number of ether oxygens (including phenoxy) is 1. The average molecular weight is 241 g/mol. The monoisotopic (exact) mass is 240 g/mol. The maximum Gasteiger partial charge on any atom is 0.138 e. The van der Waals surface area contributed by atoms with E-state index in [1.807, 2.05) is 25.1 Å². The fourth-order valence-electron chi connectivity index (χ4n) is 1.88. The number of nitrogens with one attached hydrogen (secondary N) is 2. The van der Waals surface area contributed by atoms with E-state index in [0.717, 1.165) is 30.9 Å². The summed E-state index contributed by atoms with van der Waals surface area (Å²) in [5.41, 5.74) is 1.06. The number of benzene rings is 1. The Morgan fingerprint density at radius 1 is 1.56 bits per heavy atom. The fraction of sp³-hybridized carbons (Fsp3) is 0.500. The lowest BCUT2D eigenvalue weighted by Crippen LogP contribution is -2.21. The van der Waals surface area contributed by atoms with Crippen LogP contribution in [-0.2, 0) is 0 Å². The van der Waals surface area contributed by atoms with Gasteiger partial charge < -0.3 is 15.4 Å². The summed E-state index contributed by atoms with van der Waals surface area (Å²) in [5, 5.41) is 7.43. The topological polar surface area (TPSA) is 33.3 Å². The van der Waals surface area contributed by atoms with Crippen molar-refractivity contribution < 1.29 is 4.74 Å². The number of hydrogen-bond donors (Lipinski definition) is 2. The van der Waals surface area contributed by atoms with Gasteiger partial charge in [-0.25, -0.2) is 0 Å². The first-order chi connectivity index (χ1) is 7.79. The minimum atomic E-state index is 0.508. The molecule has 2 N–H and O–H groups in total. The van der Waals surface area contributed by atoms with E-state index in [1.54, 1.807) is 0 Å². The Labute approximate surface area is 101 Å².